The highest BCUT2D eigenvalue weighted by Crippen LogP contribution is 2.28. The molecule has 4 aromatic rings. The van der Waals surface area contributed by atoms with Crippen molar-refractivity contribution in [2.24, 2.45) is 0 Å². The Balaban J connectivity index is 1.40. The van der Waals surface area contributed by atoms with Crippen molar-refractivity contribution in [3.8, 4) is 23.2 Å². The number of carbonyl (C=O) groups excluding carboxylic acids is 1. The Hall–Kier alpha value is -4.11. The summed E-state index contributed by atoms with van der Waals surface area (Å²) in [7, 11) is 1.52. The van der Waals surface area contributed by atoms with E-state index in [2.05, 4.69) is 25.6 Å². The van der Waals surface area contributed by atoms with Crippen LogP contribution in [0.3, 0.4) is 0 Å². The summed E-state index contributed by atoms with van der Waals surface area (Å²) in [5.41, 5.74) is 1.04. The first kappa shape index (κ1) is 21.1. The monoisotopic (exact) mass is 450 g/mol. The Morgan fingerprint density at radius 2 is 1.84 bits per heavy atom. The normalized spacial score (nSPS) is 10.5. The van der Waals surface area contributed by atoms with Gasteiger partial charge in [-0.15, -0.1) is 0 Å². The van der Waals surface area contributed by atoms with Gasteiger partial charge < -0.3 is 20.1 Å². The van der Waals surface area contributed by atoms with Gasteiger partial charge in [-0.1, -0.05) is 11.6 Å². The lowest BCUT2D eigenvalue weighted by Crippen LogP contribution is -2.19. The molecule has 2 amide bonds. The Labute approximate surface area is 189 Å². The number of halogens is 1. The van der Waals surface area contributed by atoms with Crippen molar-refractivity contribution in [3.63, 3.8) is 0 Å². The Bertz CT molecular complexity index is 1240. The SMILES string of the molecule is COc1ccc(Cl)cc1NC(=O)Nc1ccc(Oc2cc(-n3ccnc3C)ncn2)cc1. The maximum Gasteiger partial charge on any atom is 0.323 e. The third-order valence-electron chi connectivity index (χ3n) is 4.44. The topological polar surface area (TPSA) is 103 Å². The lowest BCUT2D eigenvalue weighted by atomic mass is 10.3. The van der Waals surface area contributed by atoms with Crippen LogP contribution >= 0.6 is 11.6 Å². The van der Waals surface area contributed by atoms with Gasteiger partial charge >= 0.3 is 6.03 Å². The second-order valence-corrected chi connectivity index (χ2v) is 7.05. The van der Waals surface area contributed by atoms with Gasteiger partial charge in [0.05, 0.1) is 12.8 Å². The zero-order valence-electron chi connectivity index (χ0n) is 17.2. The standard InChI is InChI=1S/C22H19ClN6O3/c1-14-24-9-10-29(14)20-12-21(26-13-25-20)32-17-6-4-16(5-7-17)27-22(30)28-18-11-15(23)3-8-19(18)31-2/h3-13H,1-2H3,(H2,27,28,30). The number of ether oxygens (including phenoxy) is 2. The zero-order chi connectivity index (χ0) is 22.5. The van der Waals surface area contributed by atoms with Gasteiger partial charge in [-0.3, -0.25) is 4.57 Å². The van der Waals surface area contributed by atoms with Crippen LogP contribution in [0.25, 0.3) is 5.82 Å². The van der Waals surface area contributed by atoms with Gasteiger partial charge in [0.25, 0.3) is 0 Å². The van der Waals surface area contributed by atoms with Crippen LogP contribution in [0.5, 0.6) is 17.4 Å². The largest absolute Gasteiger partial charge is 0.495 e. The molecule has 0 unspecified atom stereocenters. The molecular formula is C22H19ClN6O3. The Morgan fingerprint density at radius 3 is 2.56 bits per heavy atom. The van der Waals surface area contributed by atoms with Crippen LogP contribution in [0.1, 0.15) is 5.82 Å². The molecule has 0 radical (unpaired) electrons. The molecule has 0 aliphatic carbocycles. The number of aryl methyl sites for hydroxylation is 1. The van der Waals surface area contributed by atoms with E-state index in [1.807, 2.05) is 17.7 Å². The van der Waals surface area contributed by atoms with Crippen LogP contribution in [0.15, 0.2) is 67.3 Å². The minimum atomic E-state index is -0.435. The number of benzene rings is 2. The van der Waals surface area contributed by atoms with Crippen LogP contribution < -0.4 is 20.1 Å². The molecule has 2 heterocycles. The molecular weight excluding hydrogens is 432 g/mol. The number of hydrogen-bond acceptors (Lipinski definition) is 6. The molecule has 2 aromatic carbocycles. The molecule has 32 heavy (non-hydrogen) atoms. The van der Waals surface area contributed by atoms with E-state index >= 15 is 0 Å². The van der Waals surface area contributed by atoms with Gasteiger partial charge in [-0.25, -0.2) is 19.7 Å². The van der Waals surface area contributed by atoms with E-state index in [9.17, 15) is 4.79 Å². The van der Waals surface area contributed by atoms with Gasteiger partial charge in [-0.2, -0.15) is 0 Å². The molecule has 2 N–H and O–H groups in total. The van der Waals surface area contributed by atoms with Crippen LogP contribution in [-0.4, -0.2) is 32.7 Å². The summed E-state index contributed by atoms with van der Waals surface area (Å²) >= 11 is 5.99. The van der Waals surface area contributed by atoms with Gasteiger partial charge in [0.15, 0.2) is 0 Å². The van der Waals surface area contributed by atoms with Crippen molar-refractivity contribution in [3.05, 3.63) is 78.1 Å². The zero-order valence-corrected chi connectivity index (χ0v) is 18.0. The summed E-state index contributed by atoms with van der Waals surface area (Å²) in [5.74, 6) is 2.90. The summed E-state index contributed by atoms with van der Waals surface area (Å²) in [5, 5.41) is 5.95. The van der Waals surface area contributed by atoms with Crippen molar-refractivity contribution >= 4 is 29.0 Å². The number of hydrogen-bond donors (Lipinski definition) is 2. The highest BCUT2D eigenvalue weighted by atomic mass is 35.5. The number of nitrogens with one attached hydrogen (secondary N) is 2. The number of amides is 2. The smallest absolute Gasteiger partial charge is 0.323 e. The fourth-order valence-electron chi connectivity index (χ4n) is 2.93. The quantitative estimate of drug-likeness (QED) is 0.425. The van der Waals surface area contributed by atoms with Gasteiger partial charge in [0, 0.05) is 29.2 Å². The summed E-state index contributed by atoms with van der Waals surface area (Å²) in [6.45, 7) is 1.88. The minimum Gasteiger partial charge on any atom is -0.495 e. The van der Waals surface area contributed by atoms with E-state index in [-0.39, 0.29) is 0 Å². The minimum absolute atomic E-state index is 0.384. The average molecular weight is 451 g/mol. The molecule has 9 nitrogen and oxygen atoms in total. The number of anilines is 2. The van der Waals surface area contributed by atoms with Crippen molar-refractivity contribution < 1.29 is 14.3 Å². The third kappa shape index (κ3) is 4.96. The number of methoxy groups -OCH3 is 1. The predicted molar refractivity (Wildman–Crippen MR) is 121 cm³/mol. The van der Waals surface area contributed by atoms with Gasteiger partial charge in [0.2, 0.25) is 5.88 Å². The van der Waals surface area contributed by atoms with E-state index in [0.717, 1.165) is 5.82 Å². The lowest BCUT2D eigenvalue weighted by Gasteiger charge is -2.12. The molecule has 0 aliphatic rings. The van der Waals surface area contributed by atoms with Crippen LogP contribution in [0.4, 0.5) is 16.2 Å². The second-order valence-electron chi connectivity index (χ2n) is 6.61. The van der Waals surface area contributed by atoms with Crippen LogP contribution in [0.2, 0.25) is 5.02 Å². The number of aromatic nitrogens is 4. The average Bonchev–Trinajstić information content (AvgIpc) is 3.21. The summed E-state index contributed by atoms with van der Waals surface area (Å²) in [6.07, 6.45) is 4.93. The summed E-state index contributed by atoms with van der Waals surface area (Å²) < 4.78 is 12.9. The molecule has 10 heteroatoms. The molecule has 0 bridgehead atoms. The van der Waals surface area contributed by atoms with E-state index in [1.54, 1.807) is 54.7 Å². The third-order valence-corrected chi connectivity index (χ3v) is 4.68. The van der Waals surface area contributed by atoms with Gasteiger partial charge in [0.1, 0.15) is 29.5 Å². The van der Waals surface area contributed by atoms with Crippen molar-refractivity contribution in [1.82, 2.24) is 19.5 Å². The molecule has 0 fully saturated rings. The number of nitrogens with zero attached hydrogens (tertiary/aromatic N) is 4. The van der Waals surface area contributed by atoms with E-state index < -0.39 is 6.03 Å². The molecule has 0 saturated heterocycles. The number of carbonyl (C=O) groups is 1. The van der Waals surface area contributed by atoms with E-state index in [0.29, 0.717) is 39.6 Å². The fraction of sp³-hybridized carbons (Fsp3) is 0.0909. The van der Waals surface area contributed by atoms with Crippen LogP contribution in [0, 0.1) is 6.92 Å². The Morgan fingerprint density at radius 1 is 1.03 bits per heavy atom. The summed E-state index contributed by atoms with van der Waals surface area (Å²) in [6, 6.07) is 13.1. The molecule has 0 saturated carbocycles. The maximum absolute atomic E-state index is 12.3. The fourth-order valence-corrected chi connectivity index (χ4v) is 3.10. The molecule has 0 spiro atoms. The number of rotatable bonds is 6. The maximum atomic E-state index is 12.3. The summed E-state index contributed by atoms with van der Waals surface area (Å²) in [4.78, 5) is 24.9. The first-order valence-electron chi connectivity index (χ1n) is 9.53. The highest BCUT2D eigenvalue weighted by Gasteiger charge is 2.09. The van der Waals surface area contributed by atoms with Crippen LogP contribution in [-0.2, 0) is 0 Å². The molecule has 0 aliphatic heterocycles. The van der Waals surface area contributed by atoms with E-state index in [4.69, 9.17) is 21.1 Å². The van der Waals surface area contributed by atoms with Crippen molar-refractivity contribution in [2.45, 2.75) is 6.92 Å². The predicted octanol–water partition coefficient (Wildman–Crippen LogP) is 5.07. The molecule has 0 atom stereocenters. The van der Waals surface area contributed by atoms with Gasteiger partial charge in [-0.05, 0) is 49.4 Å². The van der Waals surface area contributed by atoms with E-state index in [1.165, 1.54) is 13.4 Å². The lowest BCUT2D eigenvalue weighted by molar-refractivity contribution is 0.262. The second kappa shape index (κ2) is 9.36. The Kier molecular flexibility index (Phi) is 6.18. The number of urea groups is 1. The van der Waals surface area contributed by atoms with Crippen molar-refractivity contribution in [1.29, 1.82) is 0 Å². The van der Waals surface area contributed by atoms with Crippen molar-refractivity contribution in [2.75, 3.05) is 17.7 Å². The molecule has 2 aromatic heterocycles. The molecule has 4 rings (SSSR count). The number of imidazole rings is 1. The highest BCUT2D eigenvalue weighted by molar-refractivity contribution is 6.31. The first-order valence-corrected chi connectivity index (χ1v) is 9.91. The molecule has 162 valence electrons. The first-order chi connectivity index (χ1) is 15.5.